The molecule has 1 saturated carbocycles. The fourth-order valence-electron chi connectivity index (χ4n) is 2.62. The first-order valence-corrected chi connectivity index (χ1v) is 5.48. The van der Waals surface area contributed by atoms with Gasteiger partial charge < -0.3 is 5.73 Å². The fourth-order valence-corrected chi connectivity index (χ4v) is 2.62. The van der Waals surface area contributed by atoms with Crippen molar-refractivity contribution in [3.63, 3.8) is 0 Å². The van der Waals surface area contributed by atoms with Crippen LogP contribution in [0.25, 0.3) is 0 Å². The number of carbonyl (C=O) groups excluding carboxylic acids is 2. The smallest absolute Gasteiger partial charge is 0.238 e. The summed E-state index contributed by atoms with van der Waals surface area (Å²) in [6.07, 6.45) is 0. The SMILES string of the molecule is NCC1C2C(=O)N(c3cccc(F)c3)C(=O)C12. The zero-order valence-electron chi connectivity index (χ0n) is 8.97. The van der Waals surface area contributed by atoms with Gasteiger partial charge in [0, 0.05) is 0 Å². The zero-order valence-corrected chi connectivity index (χ0v) is 8.97. The van der Waals surface area contributed by atoms with Gasteiger partial charge in [-0.05, 0) is 30.7 Å². The van der Waals surface area contributed by atoms with E-state index in [1.165, 1.54) is 18.2 Å². The van der Waals surface area contributed by atoms with Crippen molar-refractivity contribution in [3.05, 3.63) is 30.1 Å². The van der Waals surface area contributed by atoms with E-state index in [9.17, 15) is 14.0 Å². The number of benzene rings is 1. The van der Waals surface area contributed by atoms with Crippen LogP contribution in [0.5, 0.6) is 0 Å². The predicted octanol–water partition coefficient (Wildman–Crippen LogP) is 0.520. The zero-order chi connectivity index (χ0) is 12.2. The predicted molar refractivity (Wildman–Crippen MR) is 58.4 cm³/mol. The number of nitrogens with two attached hydrogens (primary N) is 1. The second kappa shape index (κ2) is 3.37. The molecule has 3 rings (SSSR count). The summed E-state index contributed by atoms with van der Waals surface area (Å²) < 4.78 is 13.1. The summed E-state index contributed by atoms with van der Waals surface area (Å²) in [4.78, 5) is 25.0. The number of nitrogens with zero attached hydrogens (tertiary/aromatic N) is 1. The van der Waals surface area contributed by atoms with Crippen LogP contribution < -0.4 is 10.6 Å². The summed E-state index contributed by atoms with van der Waals surface area (Å²) in [7, 11) is 0. The minimum atomic E-state index is -0.459. The average Bonchev–Trinajstić information content (AvgIpc) is 2.97. The molecule has 2 N–H and O–H groups in total. The highest BCUT2D eigenvalue weighted by Crippen LogP contribution is 2.53. The Kier molecular flexibility index (Phi) is 2.06. The fraction of sp³-hybridized carbons (Fsp3) is 0.333. The number of anilines is 1. The molecule has 2 aliphatic rings. The van der Waals surface area contributed by atoms with Crippen LogP contribution in [-0.2, 0) is 9.59 Å². The molecule has 0 aromatic heterocycles. The molecule has 1 aromatic carbocycles. The maximum Gasteiger partial charge on any atom is 0.238 e. The van der Waals surface area contributed by atoms with Crippen molar-refractivity contribution in [2.75, 3.05) is 11.4 Å². The molecule has 2 atom stereocenters. The highest BCUT2D eigenvalue weighted by Gasteiger charge is 2.66. The van der Waals surface area contributed by atoms with Crippen molar-refractivity contribution in [2.24, 2.45) is 23.5 Å². The minimum Gasteiger partial charge on any atom is -0.330 e. The Morgan fingerprint density at radius 3 is 2.41 bits per heavy atom. The van der Waals surface area contributed by atoms with Gasteiger partial charge in [-0.1, -0.05) is 6.07 Å². The van der Waals surface area contributed by atoms with Crippen molar-refractivity contribution in [3.8, 4) is 0 Å². The summed E-state index contributed by atoms with van der Waals surface area (Å²) in [6, 6.07) is 5.51. The molecule has 1 aliphatic heterocycles. The Bertz CT molecular complexity index is 495. The van der Waals surface area contributed by atoms with Crippen LogP contribution >= 0.6 is 0 Å². The van der Waals surface area contributed by atoms with Gasteiger partial charge in [-0.3, -0.25) is 9.59 Å². The van der Waals surface area contributed by atoms with Crippen LogP contribution in [-0.4, -0.2) is 18.4 Å². The second-order valence-electron chi connectivity index (χ2n) is 4.44. The van der Waals surface area contributed by atoms with Crippen molar-refractivity contribution in [1.29, 1.82) is 0 Å². The third-order valence-electron chi connectivity index (χ3n) is 3.52. The Morgan fingerprint density at radius 1 is 1.24 bits per heavy atom. The maximum atomic E-state index is 13.1. The van der Waals surface area contributed by atoms with Crippen LogP contribution in [0.2, 0.25) is 0 Å². The van der Waals surface area contributed by atoms with Crippen molar-refractivity contribution in [1.82, 2.24) is 0 Å². The standard InChI is InChI=1S/C12H11FN2O2/c13-6-2-1-3-7(4-6)15-11(16)9-8(5-14)10(9)12(15)17/h1-4,8-10H,5,14H2. The van der Waals surface area contributed by atoms with Gasteiger partial charge in [-0.25, -0.2) is 9.29 Å². The maximum absolute atomic E-state index is 13.1. The number of amides is 2. The molecule has 1 aromatic rings. The molecular weight excluding hydrogens is 223 g/mol. The van der Waals surface area contributed by atoms with Crippen LogP contribution in [0.4, 0.5) is 10.1 Å². The molecule has 1 saturated heterocycles. The van der Waals surface area contributed by atoms with Crippen molar-refractivity contribution < 1.29 is 14.0 Å². The molecule has 5 heteroatoms. The Hall–Kier alpha value is -1.75. The first kappa shape index (κ1) is 10.4. The van der Waals surface area contributed by atoms with E-state index in [1.807, 2.05) is 0 Å². The van der Waals surface area contributed by atoms with Crippen LogP contribution in [0.3, 0.4) is 0 Å². The summed E-state index contributed by atoms with van der Waals surface area (Å²) >= 11 is 0. The molecule has 0 bridgehead atoms. The van der Waals surface area contributed by atoms with E-state index >= 15 is 0 Å². The third kappa shape index (κ3) is 1.32. The lowest BCUT2D eigenvalue weighted by Crippen LogP contribution is -2.35. The van der Waals surface area contributed by atoms with Gasteiger partial charge in [0.15, 0.2) is 0 Å². The summed E-state index contributed by atoms with van der Waals surface area (Å²) in [5, 5.41) is 0. The minimum absolute atomic E-state index is 0.0141. The van der Waals surface area contributed by atoms with E-state index in [1.54, 1.807) is 6.07 Å². The topological polar surface area (TPSA) is 63.4 Å². The van der Waals surface area contributed by atoms with E-state index in [4.69, 9.17) is 5.73 Å². The molecule has 88 valence electrons. The first-order valence-electron chi connectivity index (χ1n) is 5.48. The monoisotopic (exact) mass is 234 g/mol. The van der Waals surface area contributed by atoms with Gasteiger partial charge >= 0.3 is 0 Å². The highest BCUT2D eigenvalue weighted by atomic mass is 19.1. The van der Waals surface area contributed by atoms with E-state index in [2.05, 4.69) is 0 Å². The molecule has 17 heavy (non-hydrogen) atoms. The molecular formula is C12H11FN2O2. The van der Waals surface area contributed by atoms with Crippen LogP contribution in [0.1, 0.15) is 0 Å². The first-order chi connectivity index (χ1) is 8.15. The largest absolute Gasteiger partial charge is 0.330 e. The van der Waals surface area contributed by atoms with Gasteiger partial charge in [-0.15, -0.1) is 0 Å². The normalized spacial score (nSPS) is 30.7. The lowest BCUT2D eigenvalue weighted by molar-refractivity contribution is -0.124. The van der Waals surface area contributed by atoms with Gasteiger partial charge in [0.2, 0.25) is 11.8 Å². The molecule has 0 spiro atoms. The Balaban J connectivity index is 1.93. The molecule has 2 amide bonds. The van der Waals surface area contributed by atoms with E-state index in [0.717, 1.165) is 4.90 Å². The average molecular weight is 234 g/mol. The van der Waals surface area contributed by atoms with Gasteiger partial charge in [-0.2, -0.15) is 0 Å². The van der Waals surface area contributed by atoms with E-state index in [-0.39, 0.29) is 29.6 Å². The number of hydrogen-bond acceptors (Lipinski definition) is 3. The van der Waals surface area contributed by atoms with Crippen LogP contribution in [0.15, 0.2) is 24.3 Å². The molecule has 1 aliphatic carbocycles. The summed E-state index contributed by atoms with van der Waals surface area (Å²) in [6.45, 7) is 0.351. The van der Waals surface area contributed by atoms with E-state index in [0.29, 0.717) is 12.2 Å². The number of piperidine rings is 1. The summed E-state index contributed by atoms with van der Waals surface area (Å²) in [5.74, 6) is -1.53. The quantitative estimate of drug-likeness (QED) is 0.759. The lowest BCUT2D eigenvalue weighted by atomic mass is 10.2. The number of halogens is 1. The second-order valence-corrected chi connectivity index (χ2v) is 4.44. The number of rotatable bonds is 2. The summed E-state index contributed by atoms with van der Waals surface area (Å²) in [5.41, 5.74) is 5.78. The third-order valence-corrected chi connectivity index (χ3v) is 3.52. The number of hydrogen-bond donors (Lipinski definition) is 1. The van der Waals surface area contributed by atoms with Gasteiger partial charge in [0.25, 0.3) is 0 Å². The number of imide groups is 1. The van der Waals surface area contributed by atoms with Gasteiger partial charge in [0.1, 0.15) is 5.82 Å². The number of carbonyl (C=O) groups is 2. The Morgan fingerprint density at radius 2 is 1.88 bits per heavy atom. The molecule has 2 fully saturated rings. The van der Waals surface area contributed by atoms with Crippen LogP contribution in [0, 0.1) is 23.6 Å². The molecule has 4 nitrogen and oxygen atoms in total. The van der Waals surface area contributed by atoms with Crippen molar-refractivity contribution in [2.45, 2.75) is 0 Å². The highest BCUT2D eigenvalue weighted by molar-refractivity contribution is 6.25. The Labute approximate surface area is 97.2 Å². The molecule has 2 unspecified atom stereocenters. The van der Waals surface area contributed by atoms with Gasteiger partial charge in [0.05, 0.1) is 17.5 Å². The number of fused-ring (bicyclic) bond motifs is 1. The van der Waals surface area contributed by atoms with Crippen molar-refractivity contribution >= 4 is 17.5 Å². The molecule has 1 heterocycles. The molecule has 0 radical (unpaired) electrons. The van der Waals surface area contributed by atoms with E-state index < -0.39 is 5.82 Å². The lowest BCUT2D eigenvalue weighted by Gasteiger charge is -2.17.